The van der Waals surface area contributed by atoms with Gasteiger partial charge in [0.05, 0.1) is 0 Å². The molecule has 0 fully saturated rings. The van der Waals surface area contributed by atoms with E-state index < -0.39 is 23.9 Å². The quantitative estimate of drug-likeness (QED) is 0.422. The number of hydrogen-bond acceptors (Lipinski definition) is 7. The number of carbonyl (C=O) groups excluding carboxylic acids is 1. The van der Waals surface area contributed by atoms with Gasteiger partial charge in [0.1, 0.15) is 17.7 Å². The van der Waals surface area contributed by atoms with Crippen molar-refractivity contribution in [2.75, 3.05) is 11.1 Å². The Morgan fingerprint density at radius 3 is 2.43 bits per heavy atom. The Hall–Kier alpha value is -3.69. The summed E-state index contributed by atoms with van der Waals surface area (Å²) in [6, 6.07) is 5.11. The SMILES string of the molecule is Cc1ncc(CNc2ccc(C(=O)N[C@@H](CCC(=O)O)C(=O)O)cc2)c(N)n1. The fourth-order valence-corrected chi connectivity index (χ4v) is 2.35. The van der Waals surface area contributed by atoms with Gasteiger partial charge in [-0.15, -0.1) is 0 Å². The number of nitrogen functional groups attached to an aromatic ring is 1. The summed E-state index contributed by atoms with van der Waals surface area (Å²) in [6.45, 7) is 2.14. The molecule has 10 nitrogen and oxygen atoms in total. The van der Waals surface area contributed by atoms with Crippen molar-refractivity contribution in [3.63, 3.8) is 0 Å². The largest absolute Gasteiger partial charge is 0.481 e. The molecule has 2 aromatic rings. The van der Waals surface area contributed by atoms with Gasteiger partial charge in [-0.2, -0.15) is 0 Å². The van der Waals surface area contributed by atoms with Crippen LogP contribution in [-0.4, -0.2) is 44.1 Å². The van der Waals surface area contributed by atoms with Crippen molar-refractivity contribution in [3.05, 3.63) is 47.4 Å². The number of nitrogens with one attached hydrogen (secondary N) is 2. The van der Waals surface area contributed by atoms with E-state index in [1.807, 2.05) is 0 Å². The minimum atomic E-state index is -1.29. The van der Waals surface area contributed by atoms with Gasteiger partial charge in [-0.3, -0.25) is 9.59 Å². The van der Waals surface area contributed by atoms with Gasteiger partial charge < -0.3 is 26.6 Å². The molecule has 0 saturated carbocycles. The number of carboxylic acid groups (broad SMARTS) is 2. The lowest BCUT2D eigenvalue weighted by atomic mass is 10.1. The average molecular weight is 387 g/mol. The number of rotatable bonds is 9. The van der Waals surface area contributed by atoms with Crippen LogP contribution in [0.2, 0.25) is 0 Å². The number of nitrogens with two attached hydrogens (primary N) is 1. The van der Waals surface area contributed by atoms with E-state index >= 15 is 0 Å². The van der Waals surface area contributed by atoms with Crippen LogP contribution in [0.25, 0.3) is 0 Å². The van der Waals surface area contributed by atoms with Crippen molar-refractivity contribution in [1.82, 2.24) is 15.3 Å². The van der Waals surface area contributed by atoms with E-state index in [4.69, 9.17) is 15.9 Å². The topological polar surface area (TPSA) is 168 Å². The van der Waals surface area contributed by atoms with E-state index in [2.05, 4.69) is 20.6 Å². The molecule has 0 aliphatic rings. The Morgan fingerprint density at radius 1 is 1.18 bits per heavy atom. The first-order valence-corrected chi connectivity index (χ1v) is 8.43. The third-order valence-electron chi connectivity index (χ3n) is 3.90. The van der Waals surface area contributed by atoms with Crippen molar-refractivity contribution >= 4 is 29.4 Å². The van der Waals surface area contributed by atoms with Gasteiger partial charge in [0.2, 0.25) is 0 Å². The van der Waals surface area contributed by atoms with Crippen LogP contribution in [0, 0.1) is 6.92 Å². The van der Waals surface area contributed by atoms with Crippen LogP contribution >= 0.6 is 0 Å². The van der Waals surface area contributed by atoms with Crippen molar-refractivity contribution < 1.29 is 24.6 Å². The lowest BCUT2D eigenvalue weighted by Crippen LogP contribution is -2.41. The maximum atomic E-state index is 12.2. The van der Waals surface area contributed by atoms with Crippen molar-refractivity contribution in [3.8, 4) is 0 Å². The van der Waals surface area contributed by atoms with E-state index in [1.54, 1.807) is 25.3 Å². The molecule has 1 heterocycles. The number of carboxylic acids is 2. The Bertz CT molecular complexity index is 869. The van der Waals surface area contributed by atoms with E-state index in [9.17, 15) is 14.4 Å². The number of aliphatic carboxylic acids is 2. The standard InChI is InChI=1S/C18H21N5O5/c1-10-20-8-12(16(19)22-10)9-21-13-4-2-11(3-5-13)17(26)23-14(18(27)28)6-7-15(24)25/h2-5,8,14,21H,6-7,9H2,1H3,(H,23,26)(H,24,25)(H,27,28)(H2,19,20,22)/t14-/m0/s1. The van der Waals surface area contributed by atoms with Gasteiger partial charge >= 0.3 is 11.9 Å². The Morgan fingerprint density at radius 2 is 1.86 bits per heavy atom. The van der Waals surface area contributed by atoms with Gasteiger partial charge in [-0.25, -0.2) is 14.8 Å². The Kier molecular flexibility index (Phi) is 6.85. The highest BCUT2D eigenvalue weighted by molar-refractivity contribution is 5.96. The normalized spacial score (nSPS) is 11.5. The van der Waals surface area contributed by atoms with Crippen LogP contribution in [0.1, 0.15) is 34.6 Å². The maximum absolute atomic E-state index is 12.2. The summed E-state index contributed by atoms with van der Waals surface area (Å²) in [5, 5.41) is 23.2. The highest BCUT2D eigenvalue weighted by Gasteiger charge is 2.21. The predicted molar refractivity (Wildman–Crippen MR) is 101 cm³/mol. The smallest absolute Gasteiger partial charge is 0.326 e. The summed E-state index contributed by atoms with van der Waals surface area (Å²) in [7, 11) is 0. The van der Waals surface area contributed by atoms with Crippen molar-refractivity contribution in [1.29, 1.82) is 0 Å². The van der Waals surface area contributed by atoms with E-state index in [-0.39, 0.29) is 18.4 Å². The number of anilines is 2. The first-order chi connectivity index (χ1) is 13.3. The number of benzene rings is 1. The molecule has 0 saturated heterocycles. The molecule has 10 heteroatoms. The molecule has 2 rings (SSSR count). The molecule has 0 aliphatic heterocycles. The molecule has 6 N–H and O–H groups in total. The first-order valence-electron chi connectivity index (χ1n) is 8.43. The molecule has 1 aromatic heterocycles. The van der Waals surface area contributed by atoms with Crippen LogP contribution in [0.3, 0.4) is 0 Å². The third-order valence-corrected chi connectivity index (χ3v) is 3.90. The highest BCUT2D eigenvalue weighted by Crippen LogP contribution is 2.14. The summed E-state index contributed by atoms with van der Waals surface area (Å²) < 4.78 is 0. The van der Waals surface area contributed by atoms with Gasteiger partial charge in [-0.05, 0) is 37.6 Å². The van der Waals surface area contributed by atoms with Gasteiger partial charge in [0.15, 0.2) is 0 Å². The van der Waals surface area contributed by atoms with E-state index in [0.717, 1.165) is 11.3 Å². The number of nitrogens with zero attached hydrogens (tertiary/aromatic N) is 2. The predicted octanol–water partition coefficient (Wildman–Crippen LogP) is 1.03. The van der Waals surface area contributed by atoms with Gasteiger partial charge in [0, 0.05) is 36.0 Å². The summed E-state index contributed by atoms with van der Waals surface area (Å²) in [5.41, 5.74) is 7.54. The number of carbonyl (C=O) groups is 3. The molecule has 1 amide bonds. The molecule has 0 aliphatic carbocycles. The molecule has 1 aromatic carbocycles. The van der Waals surface area contributed by atoms with Crippen LogP contribution in [0.15, 0.2) is 30.5 Å². The maximum Gasteiger partial charge on any atom is 0.326 e. The molecule has 0 bridgehead atoms. The Labute approximate surface area is 160 Å². The molecular weight excluding hydrogens is 366 g/mol. The zero-order valence-corrected chi connectivity index (χ0v) is 15.2. The lowest BCUT2D eigenvalue weighted by molar-refractivity contribution is -0.140. The minimum Gasteiger partial charge on any atom is -0.481 e. The third kappa shape index (κ3) is 5.94. The van der Waals surface area contributed by atoms with Crippen molar-refractivity contribution in [2.24, 2.45) is 0 Å². The molecule has 28 heavy (non-hydrogen) atoms. The van der Waals surface area contributed by atoms with Crippen molar-refractivity contribution in [2.45, 2.75) is 32.4 Å². The summed E-state index contributed by atoms with van der Waals surface area (Å²) in [5.74, 6) is -2.04. The summed E-state index contributed by atoms with van der Waals surface area (Å²) in [4.78, 5) is 42.1. The first kappa shape index (κ1) is 20.6. The van der Waals surface area contributed by atoms with Gasteiger partial charge in [-0.1, -0.05) is 0 Å². The monoisotopic (exact) mass is 387 g/mol. The molecule has 1 atom stereocenters. The zero-order valence-electron chi connectivity index (χ0n) is 15.2. The number of aryl methyl sites for hydroxylation is 1. The van der Waals surface area contributed by atoms with Gasteiger partial charge in [0.25, 0.3) is 5.91 Å². The second-order valence-corrected chi connectivity index (χ2v) is 6.06. The second kappa shape index (κ2) is 9.31. The zero-order chi connectivity index (χ0) is 20.7. The number of amides is 1. The fraction of sp³-hybridized carbons (Fsp3) is 0.278. The van der Waals surface area contributed by atoms with Crippen LogP contribution < -0.4 is 16.4 Å². The minimum absolute atomic E-state index is 0.198. The molecular formula is C18H21N5O5. The second-order valence-electron chi connectivity index (χ2n) is 6.06. The van der Waals surface area contributed by atoms with Crippen LogP contribution in [-0.2, 0) is 16.1 Å². The van der Waals surface area contributed by atoms with Crippen LogP contribution in [0.5, 0.6) is 0 Å². The molecule has 0 spiro atoms. The number of aromatic nitrogens is 2. The number of hydrogen-bond donors (Lipinski definition) is 5. The molecule has 0 unspecified atom stereocenters. The Balaban J connectivity index is 1.95. The van der Waals surface area contributed by atoms with E-state index in [1.165, 1.54) is 12.1 Å². The lowest BCUT2D eigenvalue weighted by Gasteiger charge is -2.14. The summed E-state index contributed by atoms with van der Waals surface area (Å²) in [6.07, 6.45) is 1.08. The van der Waals surface area contributed by atoms with E-state index in [0.29, 0.717) is 18.2 Å². The van der Waals surface area contributed by atoms with Crippen LogP contribution in [0.4, 0.5) is 11.5 Å². The molecule has 148 valence electrons. The average Bonchev–Trinajstić information content (AvgIpc) is 2.64. The molecule has 0 radical (unpaired) electrons. The fourth-order valence-electron chi connectivity index (χ4n) is 2.35. The highest BCUT2D eigenvalue weighted by atomic mass is 16.4. The summed E-state index contributed by atoms with van der Waals surface area (Å²) >= 11 is 0.